The molecule has 0 aromatic carbocycles. The van der Waals surface area contributed by atoms with Crippen LogP contribution in [0.3, 0.4) is 0 Å². The predicted molar refractivity (Wildman–Crippen MR) is 75.1 cm³/mol. The molecule has 2 atom stereocenters. The zero-order valence-corrected chi connectivity index (χ0v) is 12.4. The third-order valence-corrected chi connectivity index (χ3v) is 4.11. The van der Waals surface area contributed by atoms with Crippen molar-refractivity contribution in [3.05, 3.63) is 0 Å². The molecular weight excluding hydrogens is 242 g/mol. The zero-order chi connectivity index (χ0) is 13.8. The quantitative estimate of drug-likeness (QED) is 0.797. The van der Waals surface area contributed by atoms with Gasteiger partial charge in [0.15, 0.2) is 0 Å². The van der Waals surface area contributed by atoms with E-state index in [2.05, 4.69) is 31.0 Å². The molecule has 2 saturated heterocycles. The normalized spacial score (nSPS) is 30.1. The van der Waals surface area contributed by atoms with Gasteiger partial charge >= 0.3 is 0 Å². The van der Waals surface area contributed by atoms with Gasteiger partial charge in [0, 0.05) is 38.8 Å². The van der Waals surface area contributed by atoms with Crippen molar-refractivity contribution >= 4 is 5.91 Å². The fourth-order valence-corrected chi connectivity index (χ4v) is 2.86. The molecule has 2 aliphatic rings. The van der Waals surface area contributed by atoms with E-state index < -0.39 is 0 Å². The van der Waals surface area contributed by atoms with Gasteiger partial charge in [-0.1, -0.05) is 6.92 Å². The summed E-state index contributed by atoms with van der Waals surface area (Å²) in [4.78, 5) is 16.6. The van der Waals surface area contributed by atoms with Gasteiger partial charge in [-0.15, -0.1) is 0 Å². The van der Waals surface area contributed by atoms with Gasteiger partial charge in [0.1, 0.15) is 0 Å². The van der Waals surface area contributed by atoms with E-state index in [4.69, 9.17) is 4.74 Å². The standard InChI is InChI=1S/C14H27N3O2/c1-4-13-14(18)17(6-5-15-13)10-12-9-16(11(2)3)7-8-19-12/h11-13,15H,4-10H2,1-3H3. The largest absolute Gasteiger partial charge is 0.374 e. The van der Waals surface area contributed by atoms with Crippen LogP contribution in [0.4, 0.5) is 0 Å². The average Bonchev–Trinajstić information content (AvgIpc) is 2.41. The number of rotatable bonds is 4. The number of piperazine rings is 1. The van der Waals surface area contributed by atoms with Crippen molar-refractivity contribution in [1.29, 1.82) is 0 Å². The minimum Gasteiger partial charge on any atom is -0.374 e. The molecule has 5 nitrogen and oxygen atoms in total. The van der Waals surface area contributed by atoms with E-state index >= 15 is 0 Å². The van der Waals surface area contributed by atoms with Gasteiger partial charge in [0.2, 0.25) is 5.91 Å². The average molecular weight is 269 g/mol. The van der Waals surface area contributed by atoms with Crippen LogP contribution in [0, 0.1) is 0 Å². The van der Waals surface area contributed by atoms with E-state index in [-0.39, 0.29) is 18.1 Å². The van der Waals surface area contributed by atoms with Crippen molar-refractivity contribution in [2.75, 3.05) is 39.3 Å². The molecule has 2 rings (SSSR count). The van der Waals surface area contributed by atoms with Crippen LogP contribution < -0.4 is 5.32 Å². The van der Waals surface area contributed by atoms with Gasteiger partial charge in [0.05, 0.1) is 18.8 Å². The lowest BCUT2D eigenvalue weighted by atomic mass is 10.1. The Balaban J connectivity index is 1.87. The number of amides is 1. The van der Waals surface area contributed by atoms with Crippen LogP contribution in [-0.2, 0) is 9.53 Å². The number of ether oxygens (including phenoxy) is 1. The summed E-state index contributed by atoms with van der Waals surface area (Å²) < 4.78 is 5.82. The Morgan fingerprint density at radius 1 is 1.42 bits per heavy atom. The number of carbonyl (C=O) groups excluding carboxylic acids is 1. The molecule has 0 bridgehead atoms. The van der Waals surface area contributed by atoms with Gasteiger partial charge in [-0.3, -0.25) is 9.69 Å². The van der Waals surface area contributed by atoms with Crippen LogP contribution in [0.25, 0.3) is 0 Å². The second kappa shape index (κ2) is 6.68. The third-order valence-electron chi connectivity index (χ3n) is 4.11. The van der Waals surface area contributed by atoms with Crippen molar-refractivity contribution < 1.29 is 9.53 Å². The van der Waals surface area contributed by atoms with Gasteiger partial charge < -0.3 is 15.0 Å². The Hall–Kier alpha value is -0.650. The molecule has 2 aliphatic heterocycles. The summed E-state index contributed by atoms with van der Waals surface area (Å²) in [6.45, 7) is 11.6. The highest BCUT2D eigenvalue weighted by molar-refractivity contribution is 5.82. The van der Waals surface area contributed by atoms with E-state index in [1.54, 1.807) is 0 Å². The second-order valence-electron chi connectivity index (χ2n) is 5.78. The summed E-state index contributed by atoms with van der Waals surface area (Å²) in [5.74, 6) is 0.235. The van der Waals surface area contributed by atoms with Crippen molar-refractivity contribution in [1.82, 2.24) is 15.1 Å². The molecule has 2 heterocycles. The number of nitrogens with one attached hydrogen (secondary N) is 1. The maximum atomic E-state index is 12.2. The third kappa shape index (κ3) is 3.68. The van der Waals surface area contributed by atoms with Crippen molar-refractivity contribution in [2.24, 2.45) is 0 Å². The molecule has 0 aromatic rings. The SMILES string of the molecule is CCC1NCCN(CC2CN(C(C)C)CCO2)C1=O. The lowest BCUT2D eigenvalue weighted by Crippen LogP contribution is -2.58. The van der Waals surface area contributed by atoms with Crippen LogP contribution >= 0.6 is 0 Å². The maximum absolute atomic E-state index is 12.2. The van der Waals surface area contributed by atoms with Gasteiger partial charge in [-0.05, 0) is 20.3 Å². The van der Waals surface area contributed by atoms with Crippen molar-refractivity contribution in [3.8, 4) is 0 Å². The van der Waals surface area contributed by atoms with E-state index in [0.29, 0.717) is 6.04 Å². The van der Waals surface area contributed by atoms with Crippen LogP contribution in [-0.4, -0.2) is 73.2 Å². The first-order valence-corrected chi connectivity index (χ1v) is 7.49. The van der Waals surface area contributed by atoms with E-state index in [1.165, 1.54) is 0 Å². The van der Waals surface area contributed by atoms with Gasteiger partial charge in [-0.25, -0.2) is 0 Å². The molecule has 0 radical (unpaired) electrons. The van der Waals surface area contributed by atoms with Crippen LogP contribution in [0.5, 0.6) is 0 Å². The summed E-state index contributed by atoms with van der Waals surface area (Å²) in [6, 6.07) is 0.548. The highest BCUT2D eigenvalue weighted by Crippen LogP contribution is 2.12. The Bertz CT molecular complexity index is 309. The van der Waals surface area contributed by atoms with Crippen LogP contribution in [0.1, 0.15) is 27.2 Å². The Morgan fingerprint density at radius 3 is 2.89 bits per heavy atom. The molecular formula is C14H27N3O2. The predicted octanol–water partition coefficient (Wildman–Crippen LogP) is 0.306. The lowest BCUT2D eigenvalue weighted by molar-refractivity contribution is -0.139. The first-order chi connectivity index (χ1) is 9.11. The van der Waals surface area contributed by atoms with Crippen LogP contribution in [0.15, 0.2) is 0 Å². The molecule has 0 aromatic heterocycles. The summed E-state index contributed by atoms with van der Waals surface area (Å²) in [5.41, 5.74) is 0. The van der Waals surface area contributed by atoms with Crippen molar-refractivity contribution in [2.45, 2.75) is 45.4 Å². The van der Waals surface area contributed by atoms with E-state index in [0.717, 1.165) is 45.8 Å². The number of hydrogen-bond donors (Lipinski definition) is 1. The molecule has 19 heavy (non-hydrogen) atoms. The van der Waals surface area contributed by atoms with Gasteiger partial charge in [0.25, 0.3) is 0 Å². The first-order valence-electron chi connectivity index (χ1n) is 7.49. The fourth-order valence-electron chi connectivity index (χ4n) is 2.86. The van der Waals surface area contributed by atoms with Gasteiger partial charge in [-0.2, -0.15) is 0 Å². The molecule has 0 saturated carbocycles. The topological polar surface area (TPSA) is 44.8 Å². The first kappa shape index (κ1) is 14.8. The number of carbonyl (C=O) groups is 1. The molecule has 0 spiro atoms. The Morgan fingerprint density at radius 2 is 2.21 bits per heavy atom. The minimum absolute atomic E-state index is 0.00135. The Kier molecular flexibility index (Phi) is 5.19. The van der Waals surface area contributed by atoms with Crippen LogP contribution in [0.2, 0.25) is 0 Å². The smallest absolute Gasteiger partial charge is 0.239 e. The summed E-state index contributed by atoms with van der Waals surface area (Å²) in [6.07, 6.45) is 1.02. The Labute approximate surface area is 116 Å². The molecule has 5 heteroatoms. The molecule has 0 aliphatic carbocycles. The summed E-state index contributed by atoms with van der Waals surface area (Å²) in [5, 5.41) is 3.27. The monoisotopic (exact) mass is 269 g/mol. The summed E-state index contributed by atoms with van der Waals surface area (Å²) >= 11 is 0. The highest BCUT2D eigenvalue weighted by Gasteiger charge is 2.30. The van der Waals surface area contributed by atoms with E-state index in [1.807, 2.05) is 4.90 Å². The molecule has 1 N–H and O–H groups in total. The fraction of sp³-hybridized carbons (Fsp3) is 0.929. The lowest BCUT2D eigenvalue weighted by Gasteiger charge is -2.39. The second-order valence-corrected chi connectivity index (χ2v) is 5.78. The molecule has 2 unspecified atom stereocenters. The molecule has 2 fully saturated rings. The molecule has 1 amide bonds. The van der Waals surface area contributed by atoms with E-state index in [9.17, 15) is 4.79 Å². The number of morpholine rings is 1. The zero-order valence-electron chi connectivity index (χ0n) is 12.4. The summed E-state index contributed by atoms with van der Waals surface area (Å²) in [7, 11) is 0. The number of hydrogen-bond acceptors (Lipinski definition) is 4. The molecule has 110 valence electrons. The number of nitrogens with zero attached hydrogens (tertiary/aromatic N) is 2. The highest BCUT2D eigenvalue weighted by atomic mass is 16.5. The van der Waals surface area contributed by atoms with Crippen molar-refractivity contribution in [3.63, 3.8) is 0 Å². The maximum Gasteiger partial charge on any atom is 0.239 e. The minimum atomic E-state index is -0.00135.